The molecule has 0 atom stereocenters. The van der Waals surface area contributed by atoms with Crippen LogP contribution in [-0.2, 0) is 14.8 Å². The minimum absolute atomic E-state index is 0.0606. The lowest BCUT2D eigenvalue weighted by Crippen LogP contribution is -2.39. The monoisotopic (exact) mass is 501 g/mol. The highest BCUT2D eigenvalue weighted by molar-refractivity contribution is 7.92. The fraction of sp³-hybridized carbons (Fsp3) is 0.167. The Labute approximate surface area is 203 Å². The number of hydrazone groups is 1. The molecule has 178 valence electrons. The van der Waals surface area contributed by atoms with Crippen LogP contribution in [0.5, 0.6) is 11.5 Å². The molecule has 34 heavy (non-hydrogen) atoms. The maximum absolute atomic E-state index is 13.4. The third kappa shape index (κ3) is 6.06. The number of rotatable bonds is 9. The van der Waals surface area contributed by atoms with E-state index < -0.39 is 22.5 Å². The molecule has 3 aromatic rings. The van der Waals surface area contributed by atoms with Gasteiger partial charge in [0.25, 0.3) is 15.9 Å². The molecule has 0 spiro atoms. The van der Waals surface area contributed by atoms with Gasteiger partial charge in [-0.3, -0.25) is 9.10 Å². The van der Waals surface area contributed by atoms with Crippen molar-refractivity contribution in [2.75, 3.05) is 25.1 Å². The zero-order chi connectivity index (χ0) is 24.7. The highest BCUT2D eigenvalue weighted by atomic mass is 35.5. The molecule has 0 bridgehead atoms. The molecule has 3 rings (SSSR count). The van der Waals surface area contributed by atoms with E-state index in [9.17, 15) is 13.2 Å². The maximum Gasteiger partial charge on any atom is 0.264 e. The van der Waals surface area contributed by atoms with Gasteiger partial charge in [0.1, 0.15) is 18.0 Å². The van der Waals surface area contributed by atoms with E-state index in [2.05, 4.69) is 10.5 Å². The number of amides is 1. The Hall–Kier alpha value is -3.56. The first-order chi connectivity index (χ1) is 16.2. The zero-order valence-corrected chi connectivity index (χ0v) is 20.4. The van der Waals surface area contributed by atoms with Gasteiger partial charge in [0, 0.05) is 10.6 Å². The summed E-state index contributed by atoms with van der Waals surface area (Å²) in [6.07, 6.45) is 1.39. The van der Waals surface area contributed by atoms with Crippen LogP contribution in [0, 0.1) is 6.92 Å². The molecule has 1 amide bonds. The zero-order valence-electron chi connectivity index (χ0n) is 18.9. The molecular formula is C24H24ClN3O5S. The second kappa shape index (κ2) is 11.0. The first-order valence-electron chi connectivity index (χ1n) is 10.1. The van der Waals surface area contributed by atoms with Gasteiger partial charge >= 0.3 is 0 Å². The smallest absolute Gasteiger partial charge is 0.264 e. The first kappa shape index (κ1) is 25.1. The second-order valence-electron chi connectivity index (χ2n) is 7.20. The van der Waals surface area contributed by atoms with Crippen molar-refractivity contribution < 1.29 is 22.7 Å². The van der Waals surface area contributed by atoms with Crippen LogP contribution in [0.2, 0.25) is 5.02 Å². The molecule has 10 heteroatoms. The van der Waals surface area contributed by atoms with Crippen molar-refractivity contribution in [1.82, 2.24) is 5.43 Å². The molecule has 0 aliphatic carbocycles. The molecule has 0 unspecified atom stereocenters. The van der Waals surface area contributed by atoms with Gasteiger partial charge in [0.2, 0.25) is 0 Å². The van der Waals surface area contributed by atoms with Crippen LogP contribution in [0.1, 0.15) is 11.1 Å². The number of aryl methyl sites for hydroxylation is 1. The predicted octanol–water partition coefficient (Wildman–Crippen LogP) is 4.01. The molecule has 0 aliphatic rings. The van der Waals surface area contributed by atoms with Crippen LogP contribution in [0.4, 0.5) is 5.69 Å². The summed E-state index contributed by atoms with van der Waals surface area (Å²) < 4.78 is 38.2. The summed E-state index contributed by atoms with van der Waals surface area (Å²) in [4.78, 5) is 12.7. The Kier molecular flexibility index (Phi) is 8.14. The number of nitrogens with zero attached hydrogens (tertiary/aromatic N) is 2. The van der Waals surface area contributed by atoms with Gasteiger partial charge in [-0.15, -0.1) is 0 Å². The van der Waals surface area contributed by atoms with Gasteiger partial charge in [0.05, 0.1) is 31.0 Å². The molecule has 0 radical (unpaired) electrons. The molecular weight excluding hydrogens is 478 g/mol. The molecule has 3 aromatic carbocycles. The van der Waals surface area contributed by atoms with Crippen LogP contribution in [-0.4, -0.2) is 41.3 Å². The lowest BCUT2D eigenvalue weighted by Gasteiger charge is -2.23. The average molecular weight is 502 g/mol. The largest absolute Gasteiger partial charge is 0.497 e. The Morgan fingerprint density at radius 2 is 1.71 bits per heavy atom. The van der Waals surface area contributed by atoms with Crippen molar-refractivity contribution in [3.63, 3.8) is 0 Å². The van der Waals surface area contributed by atoms with Crippen molar-refractivity contribution >= 4 is 39.4 Å². The Bertz CT molecular complexity index is 1280. The molecule has 0 aromatic heterocycles. The molecule has 8 nitrogen and oxygen atoms in total. The van der Waals surface area contributed by atoms with Gasteiger partial charge in [-0.2, -0.15) is 5.10 Å². The molecule has 0 saturated heterocycles. The van der Waals surface area contributed by atoms with Gasteiger partial charge in [-0.05, 0) is 61.5 Å². The lowest BCUT2D eigenvalue weighted by molar-refractivity contribution is -0.119. The van der Waals surface area contributed by atoms with E-state index in [0.717, 1.165) is 9.87 Å². The second-order valence-corrected chi connectivity index (χ2v) is 9.50. The van der Waals surface area contributed by atoms with Crippen molar-refractivity contribution in [3.05, 3.63) is 82.9 Å². The Balaban J connectivity index is 1.84. The van der Waals surface area contributed by atoms with Gasteiger partial charge in [0.15, 0.2) is 0 Å². The molecule has 0 aliphatic heterocycles. The number of hydrogen-bond donors (Lipinski definition) is 1. The quantitative estimate of drug-likeness (QED) is 0.353. The summed E-state index contributed by atoms with van der Waals surface area (Å²) in [5, 5.41) is 4.39. The van der Waals surface area contributed by atoms with Crippen LogP contribution >= 0.6 is 11.6 Å². The third-order valence-electron chi connectivity index (χ3n) is 4.84. The summed E-state index contributed by atoms with van der Waals surface area (Å²) in [7, 11) is -0.991. The number of sulfonamides is 1. The number of carbonyl (C=O) groups excluding carboxylic acids is 1. The van der Waals surface area contributed by atoms with Crippen molar-refractivity contribution in [1.29, 1.82) is 0 Å². The minimum atomic E-state index is -4.03. The first-order valence-corrected chi connectivity index (χ1v) is 12.0. The number of methoxy groups -OCH3 is 2. The Morgan fingerprint density at radius 3 is 2.32 bits per heavy atom. The summed E-state index contributed by atoms with van der Waals surface area (Å²) in [5.41, 5.74) is 4.14. The fourth-order valence-corrected chi connectivity index (χ4v) is 4.59. The fourth-order valence-electron chi connectivity index (χ4n) is 3.04. The number of anilines is 1. The van der Waals surface area contributed by atoms with E-state index in [-0.39, 0.29) is 4.90 Å². The number of nitrogens with one attached hydrogen (secondary N) is 1. The highest BCUT2D eigenvalue weighted by Crippen LogP contribution is 2.25. The minimum Gasteiger partial charge on any atom is -0.497 e. The number of hydrogen-bond acceptors (Lipinski definition) is 6. The lowest BCUT2D eigenvalue weighted by atomic mass is 10.2. The van der Waals surface area contributed by atoms with Crippen LogP contribution in [0.15, 0.2) is 76.7 Å². The number of benzene rings is 3. The van der Waals surface area contributed by atoms with Crippen molar-refractivity contribution in [3.8, 4) is 11.5 Å². The van der Waals surface area contributed by atoms with E-state index in [4.69, 9.17) is 21.1 Å². The SMILES string of the molecule is COc1ccc(OC)c(/C=N\NC(=O)CN(c2ccc(Cl)cc2)S(=O)(=O)c2ccc(C)cc2)c1. The molecule has 0 heterocycles. The highest BCUT2D eigenvalue weighted by Gasteiger charge is 2.27. The number of ether oxygens (including phenoxy) is 2. The van der Waals surface area contributed by atoms with Crippen LogP contribution in [0.25, 0.3) is 0 Å². The molecule has 0 saturated carbocycles. The summed E-state index contributed by atoms with van der Waals surface area (Å²) in [5.74, 6) is 0.485. The number of halogens is 1. The van der Waals surface area contributed by atoms with Gasteiger partial charge < -0.3 is 9.47 Å². The summed E-state index contributed by atoms with van der Waals surface area (Å²) in [6, 6.07) is 17.7. The van der Waals surface area contributed by atoms with Crippen LogP contribution < -0.4 is 19.2 Å². The molecule has 1 N–H and O–H groups in total. The molecule has 0 fully saturated rings. The topological polar surface area (TPSA) is 97.3 Å². The van der Waals surface area contributed by atoms with Crippen molar-refractivity contribution in [2.45, 2.75) is 11.8 Å². The van der Waals surface area contributed by atoms with E-state index in [0.29, 0.717) is 27.8 Å². The van der Waals surface area contributed by atoms with Crippen LogP contribution in [0.3, 0.4) is 0 Å². The third-order valence-corrected chi connectivity index (χ3v) is 6.88. The van der Waals surface area contributed by atoms with Gasteiger partial charge in [-0.1, -0.05) is 29.3 Å². The van der Waals surface area contributed by atoms with Crippen molar-refractivity contribution in [2.24, 2.45) is 5.10 Å². The summed E-state index contributed by atoms with van der Waals surface area (Å²) in [6.45, 7) is 1.36. The average Bonchev–Trinajstić information content (AvgIpc) is 2.83. The number of carbonyl (C=O) groups is 1. The summed E-state index contributed by atoms with van der Waals surface area (Å²) >= 11 is 5.96. The van der Waals surface area contributed by atoms with E-state index in [1.807, 2.05) is 6.92 Å². The maximum atomic E-state index is 13.4. The van der Waals surface area contributed by atoms with E-state index in [1.165, 1.54) is 44.7 Å². The van der Waals surface area contributed by atoms with E-state index in [1.54, 1.807) is 42.5 Å². The normalized spacial score (nSPS) is 11.3. The Morgan fingerprint density at radius 1 is 1.03 bits per heavy atom. The standard InChI is InChI=1S/C24H24ClN3O5S/c1-17-4-11-22(12-5-17)34(30,31)28(20-8-6-19(25)7-9-20)16-24(29)27-26-15-18-14-21(32-2)10-13-23(18)33-3/h4-15H,16H2,1-3H3,(H,27,29)/b26-15-. The van der Waals surface area contributed by atoms with Gasteiger partial charge in [-0.25, -0.2) is 13.8 Å². The predicted molar refractivity (Wildman–Crippen MR) is 132 cm³/mol. The van der Waals surface area contributed by atoms with E-state index >= 15 is 0 Å².